The molecule has 0 fully saturated rings. The minimum absolute atomic E-state index is 0.00649. The molecule has 0 radical (unpaired) electrons. The number of amides is 1. The molecule has 0 aliphatic carbocycles. The Hall–Kier alpha value is -1.61. The van der Waals surface area contributed by atoms with Crippen molar-refractivity contribution in [3.8, 4) is 0 Å². The second-order valence-corrected chi connectivity index (χ2v) is 5.54. The summed E-state index contributed by atoms with van der Waals surface area (Å²) in [7, 11) is 0. The van der Waals surface area contributed by atoms with Crippen molar-refractivity contribution in [3.05, 3.63) is 69.7 Å². The van der Waals surface area contributed by atoms with Gasteiger partial charge in [0.1, 0.15) is 0 Å². The third-order valence-electron chi connectivity index (χ3n) is 2.95. The number of hydrogen-bond donors (Lipinski definition) is 1. The lowest BCUT2D eigenvalue weighted by atomic mass is 10.1. The summed E-state index contributed by atoms with van der Waals surface area (Å²) in [5, 5.41) is 3.01. The minimum atomic E-state index is -0.0549. The van der Waals surface area contributed by atoms with Crippen LogP contribution >= 0.6 is 15.9 Å². The molecule has 19 heavy (non-hydrogen) atoms. The van der Waals surface area contributed by atoms with Crippen LogP contribution in [0.2, 0.25) is 0 Å². The highest BCUT2D eigenvalue weighted by atomic mass is 79.9. The molecule has 0 aliphatic heterocycles. The van der Waals surface area contributed by atoms with Gasteiger partial charge in [-0.15, -0.1) is 0 Å². The first-order valence-electron chi connectivity index (χ1n) is 6.19. The number of carbonyl (C=O) groups excluding carboxylic acids is 1. The summed E-state index contributed by atoms with van der Waals surface area (Å²) in [4.78, 5) is 12.2. The van der Waals surface area contributed by atoms with Gasteiger partial charge in [-0.3, -0.25) is 4.79 Å². The first-order chi connectivity index (χ1) is 9.06. The van der Waals surface area contributed by atoms with Crippen LogP contribution in [-0.4, -0.2) is 5.91 Å². The normalized spacial score (nSPS) is 11.9. The maximum absolute atomic E-state index is 12.2. The van der Waals surface area contributed by atoms with Crippen LogP contribution in [0.1, 0.15) is 34.5 Å². The second-order valence-electron chi connectivity index (χ2n) is 4.62. The fourth-order valence-electron chi connectivity index (χ4n) is 1.97. The molecule has 1 amide bonds. The van der Waals surface area contributed by atoms with Crippen molar-refractivity contribution in [1.82, 2.24) is 5.32 Å². The van der Waals surface area contributed by atoms with Crippen molar-refractivity contribution in [2.45, 2.75) is 19.9 Å². The molecular weight excluding hydrogens is 302 g/mol. The Bertz CT molecular complexity index is 560. The molecule has 0 aliphatic rings. The molecule has 2 rings (SSSR count). The van der Waals surface area contributed by atoms with E-state index in [9.17, 15) is 4.79 Å². The number of nitrogens with one attached hydrogen (secondary N) is 1. The van der Waals surface area contributed by atoms with Gasteiger partial charge in [0.2, 0.25) is 0 Å². The smallest absolute Gasteiger partial charge is 0.251 e. The van der Waals surface area contributed by atoms with Gasteiger partial charge in [0.05, 0.1) is 6.04 Å². The van der Waals surface area contributed by atoms with E-state index in [1.54, 1.807) is 0 Å². The highest BCUT2D eigenvalue weighted by Gasteiger charge is 2.11. The summed E-state index contributed by atoms with van der Waals surface area (Å²) in [6.45, 7) is 3.96. The zero-order chi connectivity index (χ0) is 13.8. The van der Waals surface area contributed by atoms with Gasteiger partial charge in [0.15, 0.2) is 0 Å². The third-order valence-corrected chi connectivity index (χ3v) is 3.41. The number of rotatable bonds is 3. The van der Waals surface area contributed by atoms with Gasteiger partial charge >= 0.3 is 0 Å². The molecule has 98 valence electrons. The van der Waals surface area contributed by atoms with Crippen LogP contribution < -0.4 is 5.32 Å². The van der Waals surface area contributed by atoms with Crippen LogP contribution in [0, 0.1) is 6.92 Å². The first-order valence-corrected chi connectivity index (χ1v) is 6.98. The van der Waals surface area contributed by atoms with E-state index in [2.05, 4.69) is 21.2 Å². The topological polar surface area (TPSA) is 29.1 Å². The van der Waals surface area contributed by atoms with Crippen molar-refractivity contribution in [1.29, 1.82) is 0 Å². The monoisotopic (exact) mass is 317 g/mol. The molecule has 0 saturated heterocycles. The van der Waals surface area contributed by atoms with Crippen LogP contribution in [0.3, 0.4) is 0 Å². The predicted octanol–water partition coefficient (Wildman–Crippen LogP) is 4.25. The maximum atomic E-state index is 12.2. The molecule has 2 aromatic rings. The fourth-order valence-corrected chi connectivity index (χ4v) is 2.58. The zero-order valence-corrected chi connectivity index (χ0v) is 12.6. The SMILES string of the molecule is Cc1cc(Br)cc(C(=O)N[C@@H](C)c2ccccc2)c1. The Balaban J connectivity index is 2.13. The van der Waals surface area contributed by atoms with E-state index in [-0.39, 0.29) is 11.9 Å². The number of benzene rings is 2. The van der Waals surface area contributed by atoms with Crippen molar-refractivity contribution in [2.75, 3.05) is 0 Å². The van der Waals surface area contributed by atoms with E-state index < -0.39 is 0 Å². The molecule has 0 aromatic heterocycles. The number of carbonyl (C=O) groups is 1. The number of hydrogen-bond acceptors (Lipinski definition) is 1. The molecule has 0 saturated carbocycles. The average Bonchev–Trinajstić information content (AvgIpc) is 2.38. The molecule has 2 nitrogen and oxygen atoms in total. The Morgan fingerprint density at radius 2 is 1.84 bits per heavy atom. The first kappa shape index (κ1) is 13.8. The van der Waals surface area contributed by atoms with Gasteiger partial charge in [-0.2, -0.15) is 0 Å². The largest absolute Gasteiger partial charge is 0.346 e. The standard InChI is InChI=1S/C16H16BrNO/c1-11-8-14(10-15(17)9-11)16(19)18-12(2)13-6-4-3-5-7-13/h3-10,12H,1-2H3,(H,18,19)/t12-/m0/s1. The fraction of sp³-hybridized carbons (Fsp3) is 0.188. The number of aryl methyl sites for hydroxylation is 1. The Morgan fingerprint density at radius 3 is 2.47 bits per heavy atom. The van der Waals surface area contributed by atoms with E-state index in [0.717, 1.165) is 15.6 Å². The maximum Gasteiger partial charge on any atom is 0.251 e. The van der Waals surface area contributed by atoms with Crippen molar-refractivity contribution >= 4 is 21.8 Å². The lowest BCUT2D eigenvalue weighted by Crippen LogP contribution is -2.26. The van der Waals surface area contributed by atoms with Gasteiger partial charge < -0.3 is 5.32 Å². The molecule has 3 heteroatoms. The van der Waals surface area contributed by atoms with Gasteiger partial charge in [0, 0.05) is 10.0 Å². The molecule has 0 bridgehead atoms. The molecular formula is C16H16BrNO. The van der Waals surface area contributed by atoms with Crippen LogP contribution in [0.15, 0.2) is 53.0 Å². The average molecular weight is 318 g/mol. The lowest BCUT2D eigenvalue weighted by molar-refractivity contribution is 0.0939. The van der Waals surface area contributed by atoms with E-state index in [1.165, 1.54) is 0 Å². The molecule has 0 spiro atoms. The summed E-state index contributed by atoms with van der Waals surface area (Å²) in [5.41, 5.74) is 2.84. The van der Waals surface area contributed by atoms with Gasteiger partial charge in [-0.1, -0.05) is 46.3 Å². The summed E-state index contributed by atoms with van der Waals surface area (Å²) < 4.78 is 0.921. The molecule has 2 aromatic carbocycles. The minimum Gasteiger partial charge on any atom is -0.346 e. The summed E-state index contributed by atoms with van der Waals surface area (Å²) >= 11 is 3.41. The highest BCUT2D eigenvalue weighted by Crippen LogP contribution is 2.17. The van der Waals surface area contributed by atoms with Gasteiger partial charge in [-0.05, 0) is 43.2 Å². The Kier molecular flexibility index (Phi) is 4.38. The van der Waals surface area contributed by atoms with E-state index in [4.69, 9.17) is 0 Å². The predicted molar refractivity (Wildman–Crippen MR) is 81.2 cm³/mol. The summed E-state index contributed by atoms with van der Waals surface area (Å²) in [6.07, 6.45) is 0. The lowest BCUT2D eigenvalue weighted by Gasteiger charge is -2.14. The summed E-state index contributed by atoms with van der Waals surface area (Å²) in [6, 6.07) is 15.6. The van der Waals surface area contributed by atoms with E-state index >= 15 is 0 Å². The van der Waals surface area contributed by atoms with Crippen LogP contribution in [0.5, 0.6) is 0 Å². The van der Waals surface area contributed by atoms with E-state index in [1.807, 2.05) is 62.4 Å². The Labute approximate surface area is 122 Å². The highest BCUT2D eigenvalue weighted by molar-refractivity contribution is 9.10. The quantitative estimate of drug-likeness (QED) is 0.901. The van der Waals surface area contributed by atoms with E-state index in [0.29, 0.717) is 5.56 Å². The van der Waals surface area contributed by atoms with Crippen LogP contribution in [-0.2, 0) is 0 Å². The van der Waals surface area contributed by atoms with Gasteiger partial charge in [0.25, 0.3) is 5.91 Å². The summed E-state index contributed by atoms with van der Waals surface area (Å²) in [5.74, 6) is -0.0549. The molecule has 1 atom stereocenters. The third kappa shape index (κ3) is 3.67. The van der Waals surface area contributed by atoms with Crippen molar-refractivity contribution in [3.63, 3.8) is 0 Å². The van der Waals surface area contributed by atoms with Crippen molar-refractivity contribution in [2.24, 2.45) is 0 Å². The van der Waals surface area contributed by atoms with Gasteiger partial charge in [-0.25, -0.2) is 0 Å². The van der Waals surface area contributed by atoms with Crippen molar-refractivity contribution < 1.29 is 4.79 Å². The molecule has 1 N–H and O–H groups in total. The zero-order valence-electron chi connectivity index (χ0n) is 11.0. The molecule has 0 heterocycles. The van der Waals surface area contributed by atoms with Crippen LogP contribution in [0.25, 0.3) is 0 Å². The van der Waals surface area contributed by atoms with Crippen LogP contribution in [0.4, 0.5) is 0 Å². The second kappa shape index (κ2) is 6.02. The molecule has 0 unspecified atom stereocenters. The Morgan fingerprint density at radius 1 is 1.16 bits per heavy atom. The number of halogens is 1.